The van der Waals surface area contributed by atoms with E-state index in [1.54, 1.807) is 11.3 Å². The van der Waals surface area contributed by atoms with E-state index in [4.69, 9.17) is 0 Å². The summed E-state index contributed by atoms with van der Waals surface area (Å²) in [7, 11) is 0. The molecule has 0 bridgehead atoms. The lowest BCUT2D eigenvalue weighted by Crippen LogP contribution is -2.46. The van der Waals surface area contributed by atoms with Crippen molar-refractivity contribution in [3.8, 4) is 0 Å². The van der Waals surface area contributed by atoms with Crippen LogP contribution in [0.2, 0.25) is 0 Å². The molecule has 6 heteroatoms. The largest absolute Gasteiger partial charge is 0.352 e. The highest BCUT2D eigenvalue weighted by molar-refractivity contribution is 7.08. The maximum Gasteiger partial charge on any atom is 0.234 e. The van der Waals surface area contributed by atoms with E-state index >= 15 is 0 Å². The second-order valence-corrected chi connectivity index (χ2v) is 8.52. The van der Waals surface area contributed by atoms with E-state index in [1.807, 2.05) is 16.3 Å². The standard InChI is InChI=1S/C19H27N3O2S/c23-18(20-16-4-5-16)12-21-7-2-1-3-15-10-22(11-17(15)21)19(24)9-14-6-8-25-13-14/h6,8,13,15-17H,1-5,7,9-12H2,(H,20,23)/t15-,17+/m0/s1. The zero-order valence-corrected chi connectivity index (χ0v) is 15.5. The molecule has 3 fully saturated rings. The second kappa shape index (κ2) is 7.46. The van der Waals surface area contributed by atoms with Gasteiger partial charge >= 0.3 is 0 Å². The minimum absolute atomic E-state index is 0.159. The van der Waals surface area contributed by atoms with E-state index in [0.29, 0.717) is 31.0 Å². The van der Waals surface area contributed by atoms with Gasteiger partial charge in [0, 0.05) is 25.2 Å². The number of likely N-dealkylation sites (tertiary alicyclic amines) is 2. The second-order valence-electron chi connectivity index (χ2n) is 7.74. The Hall–Kier alpha value is -1.40. The topological polar surface area (TPSA) is 52.7 Å². The van der Waals surface area contributed by atoms with E-state index < -0.39 is 0 Å². The lowest BCUT2D eigenvalue weighted by Gasteiger charge is -2.29. The summed E-state index contributed by atoms with van der Waals surface area (Å²) in [6.45, 7) is 3.11. The smallest absolute Gasteiger partial charge is 0.234 e. The van der Waals surface area contributed by atoms with Crippen molar-refractivity contribution in [2.75, 3.05) is 26.2 Å². The Morgan fingerprint density at radius 1 is 1.20 bits per heavy atom. The predicted octanol–water partition coefficient (Wildman–Crippen LogP) is 1.88. The van der Waals surface area contributed by atoms with Crippen LogP contribution >= 0.6 is 11.3 Å². The highest BCUT2D eigenvalue weighted by atomic mass is 32.1. The van der Waals surface area contributed by atoms with Crippen LogP contribution in [-0.4, -0.2) is 59.9 Å². The molecule has 3 aliphatic rings. The van der Waals surface area contributed by atoms with E-state index in [0.717, 1.165) is 44.5 Å². The number of carbonyl (C=O) groups excluding carboxylic acids is 2. The summed E-state index contributed by atoms with van der Waals surface area (Å²) in [6, 6.07) is 2.80. The first-order chi connectivity index (χ1) is 12.2. The number of nitrogens with zero attached hydrogens (tertiary/aromatic N) is 2. The third kappa shape index (κ3) is 4.23. The summed E-state index contributed by atoms with van der Waals surface area (Å²) >= 11 is 1.64. The maximum absolute atomic E-state index is 12.7. The minimum atomic E-state index is 0.159. The van der Waals surface area contributed by atoms with Gasteiger partial charge in [0.1, 0.15) is 0 Å². The van der Waals surface area contributed by atoms with Gasteiger partial charge in [-0.15, -0.1) is 0 Å². The molecule has 2 aliphatic heterocycles. The van der Waals surface area contributed by atoms with Crippen LogP contribution in [0, 0.1) is 5.92 Å². The molecule has 0 spiro atoms. The van der Waals surface area contributed by atoms with Gasteiger partial charge in [-0.1, -0.05) is 6.42 Å². The Labute approximate surface area is 153 Å². The average molecular weight is 362 g/mol. The van der Waals surface area contributed by atoms with Gasteiger partial charge < -0.3 is 10.2 Å². The third-order valence-electron chi connectivity index (χ3n) is 5.72. The molecule has 1 aliphatic carbocycles. The number of hydrogen-bond donors (Lipinski definition) is 1. The molecule has 25 heavy (non-hydrogen) atoms. The summed E-state index contributed by atoms with van der Waals surface area (Å²) in [5, 5.41) is 7.19. The third-order valence-corrected chi connectivity index (χ3v) is 6.46. The van der Waals surface area contributed by atoms with Crippen molar-refractivity contribution in [2.45, 2.75) is 50.6 Å². The lowest BCUT2D eigenvalue weighted by molar-refractivity contribution is -0.129. The number of amides is 2. The zero-order valence-electron chi connectivity index (χ0n) is 14.7. The van der Waals surface area contributed by atoms with Crippen LogP contribution in [0.15, 0.2) is 16.8 Å². The fourth-order valence-electron chi connectivity index (χ4n) is 4.20. The van der Waals surface area contributed by atoms with Crippen molar-refractivity contribution in [3.63, 3.8) is 0 Å². The first-order valence-electron chi connectivity index (χ1n) is 9.51. The van der Waals surface area contributed by atoms with Gasteiger partial charge in [0.2, 0.25) is 11.8 Å². The molecular formula is C19H27N3O2S. The number of rotatable bonds is 5. The predicted molar refractivity (Wildman–Crippen MR) is 98.5 cm³/mol. The number of carbonyl (C=O) groups is 2. The van der Waals surface area contributed by atoms with E-state index in [9.17, 15) is 9.59 Å². The molecular weight excluding hydrogens is 334 g/mol. The van der Waals surface area contributed by atoms with Crippen molar-refractivity contribution in [1.82, 2.24) is 15.1 Å². The Balaban J connectivity index is 1.37. The molecule has 2 amide bonds. The molecule has 0 aromatic carbocycles. The Kier molecular flexibility index (Phi) is 5.08. The molecule has 0 unspecified atom stereocenters. The Morgan fingerprint density at radius 3 is 2.84 bits per heavy atom. The summed E-state index contributed by atoms with van der Waals surface area (Å²) in [5.74, 6) is 0.905. The zero-order chi connectivity index (χ0) is 17.2. The van der Waals surface area contributed by atoms with Crippen molar-refractivity contribution in [2.24, 2.45) is 5.92 Å². The van der Waals surface area contributed by atoms with Crippen LogP contribution < -0.4 is 5.32 Å². The van der Waals surface area contributed by atoms with Crippen LogP contribution in [-0.2, 0) is 16.0 Å². The van der Waals surface area contributed by atoms with Crippen molar-refractivity contribution in [1.29, 1.82) is 0 Å². The Morgan fingerprint density at radius 2 is 2.08 bits per heavy atom. The molecule has 2 saturated heterocycles. The van der Waals surface area contributed by atoms with Crippen LogP contribution in [0.25, 0.3) is 0 Å². The maximum atomic E-state index is 12.7. The van der Waals surface area contributed by atoms with Crippen LogP contribution in [0.3, 0.4) is 0 Å². The number of fused-ring (bicyclic) bond motifs is 1. The van der Waals surface area contributed by atoms with Crippen molar-refractivity contribution >= 4 is 23.2 Å². The molecule has 2 atom stereocenters. The molecule has 0 radical (unpaired) electrons. The molecule has 5 nitrogen and oxygen atoms in total. The van der Waals surface area contributed by atoms with Crippen molar-refractivity contribution in [3.05, 3.63) is 22.4 Å². The summed E-state index contributed by atoms with van der Waals surface area (Å²) in [4.78, 5) is 29.3. The van der Waals surface area contributed by atoms with Crippen LogP contribution in [0.1, 0.15) is 37.7 Å². The van der Waals surface area contributed by atoms with E-state index in [1.165, 1.54) is 12.8 Å². The van der Waals surface area contributed by atoms with Gasteiger partial charge in [-0.25, -0.2) is 0 Å². The molecule has 1 aromatic rings. The SMILES string of the molecule is O=C(CN1CCCC[C@H]2CN(C(=O)Cc3ccsc3)C[C@H]21)NC1CC1. The summed E-state index contributed by atoms with van der Waals surface area (Å²) in [5.41, 5.74) is 1.11. The molecule has 1 aromatic heterocycles. The number of hydrogen-bond acceptors (Lipinski definition) is 4. The molecule has 4 rings (SSSR count). The van der Waals surface area contributed by atoms with Gasteiger partial charge in [-0.2, -0.15) is 11.3 Å². The highest BCUT2D eigenvalue weighted by Gasteiger charge is 2.40. The lowest BCUT2D eigenvalue weighted by atomic mass is 9.98. The molecule has 1 N–H and O–H groups in total. The molecule has 1 saturated carbocycles. The van der Waals surface area contributed by atoms with Gasteiger partial charge in [-0.3, -0.25) is 14.5 Å². The monoisotopic (exact) mass is 361 g/mol. The van der Waals surface area contributed by atoms with Crippen molar-refractivity contribution < 1.29 is 9.59 Å². The van der Waals surface area contributed by atoms with Gasteiger partial charge in [0.15, 0.2) is 0 Å². The van der Waals surface area contributed by atoms with Gasteiger partial charge in [0.25, 0.3) is 0 Å². The van der Waals surface area contributed by atoms with E-state index in [2.05, 4.69) is 15.6 Å². The number of thiophene rings is 1. The fraction of sp³-hybridized carbons (Fsp3) is 0.684. The average Bonchev–Trinajstić information content (AvgIpc) is 3.12. The highest BCUT2D eigenvalue weighted by Crippen LogP contribution is 2.30. The van der Waals surface area contributed by atoms with E-state index in [-0.39, 0.29) is 11.8 Å². The molecule has 3 heterocycles. The minimum Gasteiger partial charge on any atom is -0.352 e. The van der Waals surface area contributed by atoms with Crippen LogP contribution in [0.5, 0.6) is 0 Å². The Bertz CT molecular complexity index is 614. The van der Waals surface area contributed by atoms with Gasteiger partial charge in [-0.05, 0) is 60.5 Å². The summed E-state index contributed by atoms with van der Waals surface area (Å²) < 4.78 is 0. The number of nitrogens with one attached hydrogen (secondary N) is 1. The van der Waals surface area contributed by atoms with Gasteiger partial charge in [0.05, 0.1) is 13.0 Å². The molecule has 136 valence electrons. The van der Waals surface area contributed by atoms with Crippen LogP contribution in [0.4, 0.5) is 0 Å². The summed E-state index contributed by atoms with van der Waals surface area (Å²) in [6.07, 6.45) is 6.30. The first kappa shape index (κ1) is 17.0. The fourth-order valence-corrected chi connectivity index (χ4v) is 4.87. The first-order valence-corrected chi connectivity index (χ1v) is 10.5. The quantitative estimate of drug-likeness (QED) is 0.871. The normalized spacial score (nSPS) is 27.0.